The molecule has 4 aromatic rings. The molecule has 0 spiro atoms. The monoisotopic (exact) mass is 380 g/mol. The van der Waals surface area contributed by atoms with Crippen LogP contribution in [0.2, 0.25) is 0 Å². The Balaban J connectivity index is 1.27. The van der Waals surface area contributed by atoms with E-state index in [2.05, 4.69) is 15.3 Å². The molecule has 0 radical (unpaired) electrons. The summed E-state index contributed by atoms with van der Waals surface area (Å²) in [5.74, 6) is 1.33. The van der Waals surface area contributed by atoms with E-state index < -0.39 is 0 Å². The number of benzene rings is 1. The number of amides is 1. The largest absolute Gasteiger partial charge is 0.356 e. The van der Waals surface area contributed by atoms with Crippen LogP contribution in [0.15, 0.2) is 50.1 Å². The summed E-state index contributed by atoms with van der Waals surface area (Å²) >= 11 is 1.59. The molecule has 0 saturated carbocycles. The second-order valence-corrected chi connectivity index (χ2v) is 7.38. The summed E-state index contributed by atoms with van der Waals surface area (Å²) in [6, 6.07) is 9.53. The van der Waals surface area contributed by atoms with Crippen LogP contribution < -0.4 is 0 Å². The minimum Gasteiger partial charge on any atom is -0.356 e. The molecule has 136 valence electrons. The average Bonchev–Trinajstić information content (AvgIpc) is 3.47. The summed E-state index contributed by atoms with van der Waals surface area (Å²) in [5, 5.41) is 13.0. The zero-order valence-electron chi connectivity index (χ0n) is 14.4. The summed E-state index contributed by atoms with van der Waals surface area (Å²) in [5.41, 5.74) is 2.31. The van der Waals surface area contributed by atoms with Crippen LogP contribution in [0.25, 0.3) is 22.4 Å². The molecule has 7 nitrogen and oxygen atoms in total. The minimum atomic E-state index is 0.0399. The molecule has 1 saturated heterocycles. The average molecular weight is 380 g/mol. The Hall–Kier alpha value is -3.00. The smallest absolute Gasteiger partial charge is 0.258 e. The zero-order chi connectivity index (χ0) is 18.2. The number of hydrogen-bond donors (Lipinski definition) is 0. The van der Waals surface area contributed by atoms with Crippen molar-refractivity contribution in [3.05, 3.63) is 52.6 Å². The van der Waals surface area contributed by atoms with Gasteiger partial charge < -0.3 is 13.9 Å². The predicted octanol–water partition coefficient (Wildman–Crippen LogP) is 3.50. The molecule has 0 N–H and O–H groups in total. The Morgan fingerprint density at radius 1 is 1.22 bits per heavy atom. The number of carbonyl (C=O) groups is 1. The maximum absolute atomic E-state index is 12.7. The molecule has 1 fully saturated rings. The highest BCUT2D eigenvalue weighted by Crippen LogP contribution is 2.28. The predicted molar refractivity (Wildman–Crippen MR) is 99.3 cm³/mol. The van der Waals surface area contributed by atoms with Crippen LogP contribution in [0.1, 0.15) is 23.9 Å². The van der Waals surface area contributed by atoms with Crippen LogP contribution in [0, 0.1) is 0 Å². The lowest BCUT2D eigenvalue weighted by Crippen LogP contribution is -2.30. The van der Waals surface area contributed by atoms with Crippen molar-refractivity contribution in [3.8, 4) is 11.5 Å². The Morgan fingerprint density at radius 3 is 3.04 bits per heavy atom. The molecule has 8 heteroatoms. The number of likely N-dealkylation sites (tertiary alicyclic amines) is 1. The first-order valence-electron chi connectivity index (χ1n) is 8.75. The second kappa shape index (κ2) is 6.62. The van der Waals surface area contributed by atoms with Gasteiger partial charge in [0.05, 0.1) is 12.0 Å². The fourth-order valence-electron chi connectivity index (χ4n) is 3.42. The molecule has 27 heavy (non-hydrogen) atoms. The fraction of sp³-hybridized carbons (Fsp3) is 0.263. The van der Waals surface area contributed by atoms with Gasteiger partial charge in [-0.3, -0.25) is 4.79 Å². The summed E-state index contributed by atoms with van der Waals surface area (Å²) < 4.78 is 10.7. The van der Waals surface area contributed by atoms with E-state index in [4.69, 9.17) is 9.05 Å². The molecule has 1 amide bonds. The molecule has 3 aromatic heterocycles. The SMILES string of the molecule is O=C(Cc1noc2ccccc12)N1CC[C@H](c2noc(-c3ccsc3)n2)C1. The Labute approximate surface area is 158 Å². The van der Waals surface area contributed by atoms with Crippen molar-refractivity contribution in [2.24, 2.45) is 0 Å². The highest BCUT2D eigenvalue weighted by atomic mass is 32.1. The number of hydrogen-bond acceptors (Lipinski definition) is 7. The molecule has 1 aromatic carbocycles. The van der Waals surface area contributed by atoms with E-state index in [-0.39, 0.29) is 18.2 Å². The number of thiophene rings is 1. The number of carbonyl (C=O) groups excluding carboxylic acids is 1. The lowest BCUT2D eigenvalue weighted by atomic mass is 10.1. The van der Waals surface area contributed by atoms with E-state index in [1.807, 2.05) is 46.0 Å². The number of aromatic nitrogens is 3. The van der Waals surface area contributed by atoms with Crippen LogP contribution in [0.4, 0.5) is 0 Å². The third kappa shape index (κ3) is 3.02. The normalized spacial score (nSPS) is 17.0. The second-order valence-electron chi connectivity index (χ2n) is 6.60. The number of rotatable bonds is 4. The number of fused-ring (bicyclic) bond motifs is 1. The Morgan fingerprint density at radius 2 is 2.15 bits per heavy atom. The Kier molecular flexibility index (Phi) is 3.97. The van der Waals surface area contributed by atoms with E-state index in [0.717, 1.165) is 17.4 Å². The summed E-state index contributed by atoms with van der Waals surface area (Å²) in [6.45, 7) is 1.28. The molecule has 0 aliphatic carbocycles. The summed E-state index contributed by atoms with van der Waals surface area (Å²) in [6.07, 6.45) is 1.06. The standard InChI is InChI=1S/C19H16N4O3S/c24-17(9-15-14-3-1-2-4-16(14)25-21-15)23-7-5-12(10-23)18-20-19(26-22-18)13-6-8-27-11-13/h1-4,6,8,11-12H,5,7,9-10H2/t12-/m0/s1. The van der Waals surface area contributed by atoms with Crippen molar-refractivity contribution in [2.75, 3.05) is 13.1 Å². The quantitative estimate of drug-likeness (QED) is 0.539. The number of para-hydroxylation sites is 1. The number of nitrogens with zero attached hydrogens (tertiary/aromatic N) is 4. The Bertz CT molecular complexity index is 1090. The van der Waals surface area contributed by atoms with Crippen molar-refractivity contribution in [1.29, 1.82) is 0 Å². The first kappa shape index (κ1) is 16.2. The van der Waals surface area contributed by atoms with Gasteiger partial charge in [-0.15, -0.1) is 0 Å². The highest BCUT2D eigenvalue weighted by Gasteiger charge is 2.31. The summed E-state index contributed by atoms with van der Waals surface area (Å²) in [4.78, 5) is 19.1. The van der Waals surface area contributed by atoms with Gasteiger partial charge in [0, 0.05) is 29.8 Å². The van der Waals surface area contributed by atoms with Gasteiger partial charge in [0.1, 0.15) is 5.69 Å². The maximum Gasteiger partial charge on any atom is 0.258 e. The van der Waals surface area contributed by atoms with E-state index in [0.29, 0.717) is 36.1 Å². The van der Waals surface area contributed by atoms with Crippen LogP contribution in [0.3, 0.4) is 0 Å². The lowest BCUT2D eigenvalue weighted by Gasteiger charge is -2.15. The van der Waals surface area contributed by atoms with E-state index in [1.54, 1.807) is 11.3 Å². The van der Waals surface area contributed by atoms with Crippen LogP contribution in [0.5, 0.6) is 0 Å². The lowest BCUT2D eigenvalue weighted by molar-refractivity contribution is -0.129. The van der Waals surface area contributed by atoms with Crippen molar-refractivity contribution in [1.82, 2.24) is 20.2 Å². The van der Waals surface area contributed by atoms with E-state index in [1.165, 1.54) is 0 Å². The van der Waals surface area contributed by atoms with Crippen LogP contribution in [-0.4, -0.2) is 39.2 Å². The third-order valence-electron chi connectivity index (χ3n) is 4.89. The van der Waals surface area contributed by atoms with E-state index in [9.17, 15) is 4.79 Å². The van der Waals surface area contributed by atoms with Gasteiger partial charge in [-0.25, -0.2) is 0 Å². The van der Waals surface area contributed by atoms with Crippen molar-refractivity contribution < 1.29 is 13.8 Å². The van der Waals surface area contributed by atoms with Gasteiger partial charge in [0.15, 0.2) is 11.4 Å². The summed E-state index contributed by atoms with van der Waals surface area (Å²) in [7, 11) is 0. The van der Waals surface area contributed by atoms with Crippen molar-refractivity contribution in [3.63, 3.8) is 0 Å². The van der Waals surface area contributed by atoms with Gasteiger partial charge in [-0.05, 0) is 30.0 Å². The zero-order valence-corrected chi connectivity index (χ0v) is 15.2. The van der Waals surface area contributed by atoms with Gasteiger partial charge in [-0.2, -0.15) is 16.3 Å². The van der Waals surface area contributed by atoms with Gasteiger partial charge >= 0.3 is 0 Å². The molecular formula is C19H16N4O3S. The fourth-order valence-corrected chi connectivity index (χ4v) is 4.05. The first-order chi connectivity index (χ1) is 13.3. The minimum absolute atomic E-state index is 0.0399. The topological polar surface area (TPSA) is 85.3 Å². The maximum atomic E-state index is 12.7. The van der Waals surface area contributed by atoms with Crippen LogP contribution >= 0.6 is 11.3 Å². The van der Waals surface area contributed by atoms with Gasteiger partial charge in [0.25, 0.3) is 5.89 Å². The van der Waals surface area contributed by atoms with Crippen molar-refractivity contribution in [2.45, 2.75) is 18.8 Å². The van der Waals surface area contributed by atoms with Crippen molar-refractivity contribution >= 4 is 28.2 Å². The van der Waals surface area contributed by atoms with Crippen LogP contribution in [-0.2, 0) is 11.2 Å². The van der Waals surface area contributed by atoms with Gasteiger partial charge in [-0.1, -0.05) is 22.4 Å². The molecule has 4 heterocycles. The molecule has 1 atom stereocenters. The molecule has 5 rings (SSSR count). The molecule has 1 aliphatic heterocycles. The first-order valence-corrected chi connectivity index (χ1v) is 9.69. The molecular weight excluding hydrogens is 364 g/mol. The highest BCUT2D eigenvalue weighted by molar-refractivity contribution is 7.08. The third-order valence-corrected chi connectivity index (χ3v) is 5.57. The molecule has 0 bridgehead atoms. The van der Waals surface area contributed by atoms with Gasteiger partial charge in [0.2, 0.25) is 5.91 Å². The molecule has 0 unspecified atom stereocenters. The van der Waals surface area contributed by atoms with E-state index >= 15 is 0 Å². The molecule has 1 aliphatic rings.